The molecule has 3 rings (SSSR count). The Morgan fingerprint density at radius 1 is 1.04 bits per heavy atom. The monoisotopic (exact) mass is 306 g/mol. The van der Waals surface area contributed by atoms with Crippen LogP contribution in [0.25, 0.3) is 23.9 Å². The van der Waals surface area contributed by atoms with E-state index in [1.165, 1.54) is 16.3 Å². The predicted octanol–water partition coefficient (Wildman–Crippen LogP) is 3.71. The van der Waals surface area contributed by atoms with Crippen molar-refractivity contribution in [3.63, 3.8) is 0 Å². The first kappa shape index (κ1) is 15.7. The highest BCUT2D eigenvalue weighted by molar-refractivity contribution is 5.84. The highest BCUT2D eigenvalue weighted by Gasteiger charge is 2.23. The minimum absolute atomic E-state index is 0.123. The maximum atomic E-state index is 4.35. The van der Waals surface area contributed by atoms with Gasteiger partial charge in [-0.2, -0.15) is 0 Å². The Bertz CT molecular complexity index is 906. The molecule has 1 aromatic heterocycles. The molecular formula is C21H26N2. The first-order valence-electron chi connectivity index (χ1n) is 8.16. The minimum atomic E-state index is 0.123. The fourth-order valence-electron chi connectivity index (χ4n) is 3.44. The fraction of sp³-hybridized carbons (Fsp3) is 0.333. The molecule has 2 nitrogen and oxygen atoms in total. The number of nitrogens with one attached hydrogen (secondary N) is 1. The van der Waals surface area contributed by atoms with Crippen LogP contribution in [-0.4, -0.2) is 4.57 Å². The lowest BCUT2D eigenvalue weighted by Gasteiger charge is -2.29. The molecule has 0 amide bonds. The molecule has 1 aliphatic heterocycles. The summed E-state index contributed by atoms with van der Waals surface area (Å²) in [6, 6.07) is 6.84. The van der Waals surface area contributed by atoms with Crippen molar-refractivity contribution in [2.45, 2.75) is 45.1 Å². The van der Waals surface area contributed by atoms with Crippen LogP contribution in [0.3, 0.4) is 0 Å². The van der Waals surface area contributed by atoms with Crippen molar-refractivity contribution in [3.05, 3.63) is 59.0 Å². The van der Waals surface area contributed by atoms with Crippen LogP contribution in [0.15, 0.2) is 42.8 Å². The van der Waals surface area contributed by atoms with Gasteiger partial charge in [0.2, 0.25) is 0 Å². The number of benzene rings is 1. The van der Waals surface area contributed by atoms with E-state index in [1.807, 2.05) is 0 Å². The summed E-state index contributed by atoms with van der Waals surface area (Å²) in [5.74, 6) is 0. The lowest BCUT2D eigenvalue weighted by molar-refractivity contribution is 0.458. The van der Waals surface area contributed by atoms with E-state index in [9.17, 15) is 0 Å². The molecule has 1 fully saturated rings. The van der Waals surface area contributed by atoms with Gasteiger partial charge in [-0.05, 0) is 29.9 Å². The Hall–Kier alpha value is -2.22. The summed E-state index contributed by atoms with van der Waals surface area (Å²) >= 11 is 0. The maximum absolute atomic E-state index is 4.35. The van der Waals surface area contributed by atoms with Gasteiger partial charge in [-0.1, -0.05) is 59.2 Å². The third-order valence-corrected chi connectivity index (χ3v) is 4.86. The van der Waals surface area contributed by atoms with Gasteiger partial charge in [0.15, 0.2) is 0 Å². The van der Waals surface area contributed by atoms with E-state index in [2.05, 4.69) is 75.2 Å². The molecule has 120 valence electrons. The molecule has 1 unspecified atom stereocenters. The van der Waals surface area contributed by atoms with Crippen LogP contribution >= 0.6 is 0 Å². The van der Waals surface area contributed by atoms with E-state index < -0.39 is 0 Å². The van der Waals surface area contributed by atoms with Gasteiger partial charge in [-0.25, -0.2) is 0 Å². The van der Waals surface area contributed by atoms with Gasteiger partial charge in [0.25, 0.3) is 0 Å². The van der Waals surface area contributed by atoms with Gasteiger partial charge in [0.1, 0.15) is 0 Å². The predicted molar refractivity (Wildman–Crippen MR) is 101 cm³/mol. The van der Waals surface area contributed by atoms with E-state index in [0.717, 1.165) is 34.9 Å². The first-order valence-corrected chi connectivity index (χ1v) is 8.16. The van der Waals surface area contributed by atoms with Gasteiger partial charge >= 0.3 is 0 Å². The highest BCUT2D eigenvalue weighted by Crippen LogP contribution is 2.28. The zero-order chi connectivity index (χ0) is 16.9. The maximum Gasteiger partial charge on any atom is 0.0738 e. The molecule has 23 heavy (non-hydrogen) atoms. The number of hydrogen-bond acceptors (Lipinski definition) is 1. The standard InChI is InChI=1S/C21H26N2/c1-13-8-11-20(14(2)22-13)23-15(3)18-10-9-17(21(5,6)7)12-19(18)16(23)4/h9-10,12,20,22H,1-4,8,11H2,5-7H3. The van der Waals surface area contributed by atoms with Crippen LogP contribution < -0.4 is 16.0 Å². The molecule has 0 bridgehead atoms. The zero-order valence-corrected chi connectivity index (χ0v) is 14.5. The van der Waals surface area contributed by atoms with Crippen molar-refractivity contribution in [2.75, 3.05) is 0 Å². The normalized spacial score (nSPS) is 19.2. The summed E-state index contributed by atoms with van der Waals surface area (Å²) in [5.41, 5.74) is 3.46. The second-order valence-corrected chi connectivity index (χ2v) is 7.58. The van der Waals surface area contributed by atoms with E-state index in [0.29, 0.717) is 0 Å². The quantitative estimate of drug-likeness (QED) is 0.850. The topological polar surface area (TPSA) is 17.0 Å². The van der Waals surface area contributed by atoms with Crippen molar-refractivity contribution in [1.29, 1.82) is 0 Å². The van der Waals surface area contributed by atoms with Crippen LogP contribution in [0.1, 0.15) is 45.2 Å². The molecule has 2 aromatic rings. The average Bonchev–Trinajstić information content (AvgIpc) is 2.71. The highest BCUT2D eigenvalue weighted by atomic mass is 15.1. The SMILES string of the molecule is C=C1CCC(n2c(=C)c3ccc(C(C)(C)C)cc3c2=C)C(=C)N1. The summed E-state index contributed by atoms with van der Waals surface area (Å²) in [6.07, 6.45) is 1.94. The molecule has 0 spiro atoms. The van der Waals surface area contributed by atoms with Gasteiger partial charge in [0, 0.05) is 32.9 Å². The lowest BCUT2D eigenvalue weighted by atomic mass is 9.86. The second-order valence-electron chi connectivity index (χ2n) is 7.58. The van der Waals surface area contributed by atoms with Crippen LogP contribution in [0.2, 0.25) is 0 Å². The van der Waals surface area contributed by atoms with Gasteiger partial charge in [0.05, 0.1) is 6.04 Å². The molecule has 0 aliphatic carbocycles. The van der Waals surface area contributed by atoms with E-state index in [-0.39, 0.29) is 11.5 Å². The summed E-state index contributed by atoms with van der Waals surface area (Å²) in [4.78, 5) is 0. The Balaban J connectivity index is 2.20. The summed E-state index contributed by atoms with van der Waals surface area (Å²) in [6.45, 7) is 23.6. The van der Waals surface area contributed by atoms with E-state index in [1.54, 1.807) is 0 Å². The third-order valence-electron chi connectivity index (χ3n) is 4.86. The van der Waals surface area contributed by atoms with E-state index in [4.69, 9.17) is 0 Å². The Labute approximate surface area is 138 Å². The summed E-state index contributed by atoms with van der Waals surface area (Å²) in [5, 5.41) is 7.72. The molecule has 2 heteroatoms. The number of hydrogen-bond donors (Lipinski definition) is 1. The van der Waals surface area contributed by atoms with Crippen LogP contribution in [0.4, 0.5) is 0 Å². The van der Waals surface area contributed by atoms with Crippen LogP contribution in [0, 0.1) is 0 Å². The zero-order valence-electron chi connectivity index (χ0n) is 14.5. The number of piperidine rings is 1. The molecule has 2 heterocycles. The molecule has 1 atom stereocenters. The lowest BCUT2D eigenvalue weighted by Crippen LogP contribution is -2.36. The Morgan fingerprint density at radius 3 is 2.30 bits per heavy atom. The first-order chi connectivity index (χ1) is 10.7. The van der Waals surface area contributed by atoms with Gasteiger partial charge in [-0.15, -0.1) is 0 Å². The van der Waals surface area contributed by atoms with Crippen molar-refractivity contribution in [2.24, 2.45) is 0 Å². The molecular weight excluding hydrogens is 280 g/mol. The average molecular weight is 306 g/mol. The van der Waals surface area contributed by atoms with Crippen molar-refractivity contribution >= 4 is 23.9 Å². The molecule has 1 N–H and O–H groups in total. The van der Waals surface area contributed by atoms with E-state index >= 15 is 0 Å². The van der Waals surface area contributed by atoms with Crippen molar-refractivity contribution < 1.29 is 0 Å². The van der Waals surface area contributed by atoms with Gasteiger partial charge < -0.3 is 9.88 Å². The second kappa shape index (κ2) is 5.16. The van der Waals surface area contributed by atoms with Crippen molar-refractivity contribution in [1.82, 2.24) is 9.88 Å². The van der Waals surface area contributed by atoms with Crippen LogP contribution in [0.5, 0.6) is 0 Å². The summed E-state index contributed by atoms with van der Waals surface area (Å²) < 4.78 is 2.24. The number of aromatic nitrogens is 1. The Morgan fingerprint density at radius 2 is 1.70 bits per heavy atom. The van der Waals surface area contributed by atoms with Crippen LogP contribution in [-0.2, 0) is 5.41 Å². The smallest absolute Gasteiger partial charge is 0.0738 e. The number of nitrogens with zero attached hydrogens (tertiary/aromatic N) is 1. The molecule has 1 aromatic carbocycles. The minimum Gasteiger partial charge on any atom is -0.362 e. The largest absolute Gasteiger partial charge is 0.362 e. The fourth-order valence-corrected chi connectivity index (χ4v) is 3.44. The summed E-state index contributed by atoms with van der Waals surface area (Å²) in [7, 11) is 0. The number of fused-ring (bicyclic) bond motifs is 1. The number of allylic oxidation sites excluding steroid dienone is 2. The van der Waals surface area contributed by atoms with Gasteiger partial charge in [-0.3, -0.25) is 0 Å². The van der Waals surface area contributed by atoms with Crippen molar-refractivity contribution in [3.8, 4) is 0 Å². The third kappa shape index (κ3) is 2.52. The Kier molecular flexibility index (Phi) is 3.51. The molecule has 1 aliphatic rings. The molecule has 0 saturated carbocycles. The number of rotatable bonds is 1. The molecule has 0 radical (unpaired) electrons. The molecule has 1 saturated heterocycles.